The number of esters is 3. The van der Waals surface area contributed by atoms with Crippen LogP contribution in [0.5, 0.6) is 0 Å². The van der Waals surface area contributed by atoms with Crippen molar-refractivity contribution in [3.05, 3.63) is 0 Å². The number of unbranched alkanes of at least 4 members (excludes halogenated alkanes) is 13. The molecule has 0 aromatic heterocycles. The second kappa shape index (κ2) is 30.0. The Bertz CT molecular complexity index is 848. The van der Waals surface area contributed by atoms with Crippen LogP contribution in [0.15, 0.2) is 0 Å². The molecule has 2 amide bonds. The van der Waals surface area contributed by atoms with Gasteiger partial charge >= 0.3 is 17.9 Å². The number of methoxy groups -OCH3 is 1. The Labute approximate surface area is 280 Å². The maximum Gasteiger partial charge on any atom is 0.331 e. The predicted molar refractivity (Wildman–Crippen MR) is 182 cm³/mol. The lowest BCUT2D eigenvalue weighted by Crippen LogP contribution is -2.54. The van der Waals surface area contributed by atoms with E-state index in [2.05, 4.69) is 17.6 Å². The molecule has 3 atom stereocenters. The van der Waals surface area contributed by atoms with Gasteiger partial charge in [0.15, 0.2) is 6.04 Å². The second-order valence-corrected chi connectivity index (χ2v) is 12.8. The minimum Gasteiger partial charge on any atom is -0.467 e. The van der Waals surface area contributed by atoms with Crippen LogP contribution >= 0.6 is 11.8 Å². The standard InChI is InChI=1S/C33H62N4O8S/c1-4-5-6-7-8-9-10-11-12-13-14-15-16-20-30(39)44-22-23-46-25-29(36-26(2)38)31(40)37-28(33(42)43-3)24-45-32(41)27(35)19-17-18-21-34/h27-29H,4-25,34-35H2,1-3H3,(H,36,38)(H,37,40)/t27-,28-,29-/m0/s1. The van der Waals surface area contributed by atoms with Gasteiger partial charge in [0.25, 0.3) is 0 Å². The van der Waals surface area contributed by atoms with Gasteiger partial charge in [-0.3, -0.25) is 19.2 Å². The third-order valence-corrected chi connectivity index (χ3v) is 8.44. The maximum atomic E-state index is 12.9. The number of thioether (sulfide) groups is 1. The zero-order valence-electron chi connectivity index (χ0n) is 28.6. The van der Waals surface area contributed by atoms with E-state index in [1.54, 1.807) is 0 Å². The molecule has 0 rings (SSSR count). The van der Waals surface area contributed by atoms with Crippen LogP contribution in [0.2, 0.25) is 0 Å². The summed E-state index contributed by atoms with van der Waals surface area (Å²) in [6.45, 7) is 3.71. The van der Waals surface area contributed by atoms with E-state index >= 15 is 0 Å². The summed E-state index contributed by atoms with van der Waals surface area (Å²) >= 11 is 1.31. The maximum absolute atomic E-state index is 12.9. The molecule has 0 aliphatic rings. The van der Waals surface area contributed by atoms with Crippen LogP contribution in [0.1, 0.15) is 123 Å². The van der Waals surface area contributed by atoms with Crippen LogP contribution in [0.4, 0.5) is 0 Å². The van der Waals surface area contributed by atoms with Crippen molar-refractivity contribution in [2.45, 2.75) is 141 Å². The molecule has 0 fully saturated rings. The number of hydrogen-bond acceptors (Lipinski definition) is 11. The van der Waals surface area contributed by atoms with Gasteiger partial charge in [0.2, 0.25) is 11.8 Å². The average Bonchev–Trinajstić information content (AvgIpc) is 3.03. The molecule has 0 saturated carbocycles. The van der Waals surface area contributed by atoms with Gasteiger partial charge in [-0.15, -0.1) is 0 Å². The third kappa shape index (κ3) is 24.8. The first-order valence-electron chi connectivity index (χ1n) is 17.2. The molecule has 0 heterocycles. The van der Waals surface area contributed by atoms with E-state index in [0.717, 1.165) is 26.4 Å². The molecule has 0 aliphatic heterocycles. The summed E-state index contributed by atoms with van der Waals surface area (Å²) in [7, 11) is 1.14. The first-order valence-corrected chi connectivity index (χ1v) is 18.3. The van der Waals surface area contributed by atoms with Crippen LogP contribution < -0.4 is 22.1 Å². The van der Waals surface area contributed by atoms with Crippen LogP contribution in [0, 0.1) is 0 Å². The van der Waals surface area contributed by atoms with Crippen LogP contribution in [0.25, 0.3) is 0 Å². The highest BCUT2D eigenvalue weighted by Gasteiger charge is 2.29. The number of hydrogen-bond donors (Lipinski definition) is 4. The fourth-order valence-electron chi connectivity index (χ4n) is 4.69. The van der Waals surface area contributed by atoms with Gasteiger partial charge in [0.05, 0.1) is 7.11 Å². The monoisotopic (exact) mass is 674 g/mol. The summed E-state index contributed by atoms with van der Waals surface area (Å²) in [5.41, 5.74) is 11.3. The SMILES string of the molecule is CCCCCCCCCCCCCCCC(=O)OCCSC[C@H](NC(C)=O)C(=O)N[C@@H](COC(=O)[C@@H](N)CCCCN)C(=O)OC. The summed E-state index contributed by atoms with van der Waals surface area (Å²) in [5.74, 6) is -2.26. The highest BCUT2D eigenvalue weighted by molar-refractivity contribution is 7.99. The molecule has 13 heteroatoms. The molecule has 0 spiro atoms. The molecular weight excluding hydrogens is 612 g/mol. The molecule has 0 unspecified atom stereocenters. The lowest BCUT2D eigenvalue weighted by Gasteiger charge is -2.22. The van der Waals surface area contributed by atoms with E-state index in [1.807, 2.05) is 0 Å². The van der Waals surface area contributed by atoms with Crippen molar-refractivity contribution in [2.75, 3.05) is 38.4 Å². The molecule has 0 radical (unpaired) electrons. The topological polar surface area (TPSA) is 189 Å². The molecule has 0 aromatic rings. The summed E-state index contributed by atoms with van der Waals surface area (Å²) in [6, 6.07) is -3.15. The van der Waals surface area contributed by atoms with Gasteiger partial charge in [-0.25, -0.2) is 4.79 Å². The minimum atomic E-state index is -1.29. The first-order chi connectivity index (χ1) is 22.2. The molecule has 0 aliphatic carbocycles. The zero-order valence-corrected chi connectivity index (χ0v) is 29.4. The summed E-state index contributed by atoms with van der Waals surface area (Å²) < 4.78 is 15.2. The van der Waals surface area contributed by atoms with Crippen molar-refractivity contribution in [1.29, 1.82) is 0 Å². The Morgan fingerprint density at radius 1 is 0.739 bits per heavy atom. The van der Waals surface area contributed by atoms with Gasteiger partial charge in [-0.05, 0) is 25.8 Å². The number of ether oxygens (including phenoxy) is 3. The van der Waals surface area contributed by atoms with Gasteiger partial charge in [0, 0.05) is 24.9 Å². The number of amides is 2. The van der Waals surface area contributed by atoms with E-state index in [1.165, 1.54) is 82.9 Å². The Morgan fingerprint density at radius 2 is 1.33 bits per heavy atom. The van der Waals surface area contributed by atoms with E-state index in [9.17, 15) is 24.0 Å². The molecule has 0 saturated heterocycles. The highest BCUT2D eigenvalue weighted by atomic mass is 32.2. The van der Waals surface area contributed by atoms with Crippen molar-refractivity contribution in [3.8, 4) is 0 Å². The van der Waals surface area contributed by atoms with Crippen LogP contribution in [0.3, 0.4) is 0 Å². The number of carbonyl (C=O) groups excluding carboxylic acids is 5. The molecule has 0 bridgehead atoms. The van der Waals surface area contributed by atoms with Gasteiger partial charge < -0.3 is 36.3 Å². The van der Waals surface area contributed by atoms with E-state index in [4.69, 9.17) is 25.7 Å². The fourth-order valence-corrected chi connectivity index (χ4v) is 5.52. The molecule has 268 valence electrons. The van der Waals surface area contributed by atoms with Crippen LogP contribution in [-0.4, -0.2) is 86.2 Å². The molecule has 12 nitrogen and oxygen atoms in total. The second-order valence-electron chi connectivity index (χ2n) is 11.6. The minimum absolute atomic E-state index is 0.168. The molecule has 46 heavy (non-hydrogen) atoms. The van der Waals surface area contributed by atoms with E-state index in [-0.39, 0.29) is 18.3 Å². The Kier molecular flexibility index (Phi) is 28.4. The largest absolute Gasteiger partial charge is 0.467 e. The lowest BCUT2D eigenvalue weighted by molar-refractivity contribution is -0.153. The predicted octanol–water partition coefficient (Wildman–Crippen LogP) is 3.91. The Hall–Kier alpha value is -2.38. The van der Waals surface area contributed by atoms with E-state index in [0.29, 0.717) is 38.0 Å². The van der Waals surface area contributed by atoms with E-state index < -0.39 is 48.5 Å². The van der Waals surface area contributed by atoms with Crippen molar-refractivity contribution in [1.82, 2.24) is 10.6 Å². The van der Waals surface area contributed by atoms with Crippen LogP contribution in [-0.2, 0) is 38.2 Å². The van der Waals surface area contributed by atoms with Gasteiger partial charge in [0.1, 0.15) is 25.3 Å². The number of nitrogens with two attached hydrogens (primary N) is 2. The third-order valence-electron chi connectivity index (χ3n) is 7.42. The molecule has 0 aromatic carbocycles. The molecular formula is C33H62N4O8S. The van der Waals surface area contributed by atoms with Crippen molar-refractivity contribution in [3.63, 3.8) is 0 Å². The number of carbonyl (C=O) groups is 5. The number of nitrogens with one attached hydrogen (secondary N) is 2. The normalized spacial score (nSPS) is 12.9. The lowest BCUT2D eigenvalue weighted by atomic mass is 10.0. The number of rotatable bonds is 30. The quantitative estimate of drug-likeness (QED) is 0.0491. The molecule has 6 N–H and O–H groups in total. The average molecular weight is 675 g/mol. The van der Waals surface area contributed by atoms with Gasteiger partial charge in [-0.1, -0.05) is 90.4 Å². The summed E-state index contributed by atoms with van der Waals surface area (Å²) in [4.78, 5) is 61.2. The highest BCUT2D eigenvalue weighted by Crippen LogP contribution is 2.13. The first kappa shape index (κ1) is 43.6. The van der Waals surface area contributed by atoms with Crippen molar-refractivity contribution in [2.24, 2.45) is 11.5 Å². The smallest absolute Gasteiger partial charge is 0.331 e. The summed E-state index contributed by atoms with van der Waals surface area (Å²) in [5, 5.41) is 5.03. The van der Waals surface area contributed by atoms with Crippen molar-refractivity contribution < 1.29 is 38.2 Å². The fraction of sp³-hybridized carbons (Fsp3) is 0.848. The summed E-state index contributed by atoms with van der Waals surface area (Å²) in [6.07, 6.45) is 18.3. The van der Waals surface area contributed by atoms with Crippen molar-refractivity contribution >= 4 is 41.5 Å². The Balaban J connectivity index is 4.30. The Morgan fingerprint density at radius 3 is 1.87 bits per heavy atom. The van der Waals surface area contributed by atoms with Gasteiger partial charge in [-0.2, -0.15) is 11.8 Å². The zero-order chi connectivity index (χ0) is 34.4.